The van der Waals surface area contributed by atoms with Gasteiger partial charge in [-0.3, -0.25) is 34.9 Å². The van der Waals surface area contributed by atoms with E-state index in [0.29, 0.717) is 0 Å². The molecule has 3 amide bonds. The maximum Gasteiger partial charge on any atom is 0.403 e. The van der Waals surface area contributed by atoms with E-state index in [9.17, 15) is 37.8 Å². The number of aliphatic imine (C=N–C) groups is 1. The van der Waals surface area contributed by atoms with E-state index >= 15 is 0 Å². The van der Waals surface area contributed by atoms with Crippen LogP contribution in [-0.2, 0) is 14.4 Å². The van der Waals surface area contributed by atoms with Crippen LogP contribution in [0.1, 0.15) is 25.7 Å². The summed E-state index contributed by atoms with van der Waals surface area (Å²) in [5.74, 6) is -5.44. The van der Waals surface area contributed by atoms with Gasteiger partial charge in [-0.15, -0.1) is 0 Å². The number of hydrogen-bond donors (Lipinski definition) is 7. The minimum Gasteiger partial charge on any atom is -0.370 e. The highest BCUT2D eigenvalue weighted by Crippen LogP contribution is 2.58. The summed E-state index contributed by atoms with van der Waals surface area (Å²) in [6.07, 6.45) is -5.53. The Balaban J connectivity index is 1.47. The molecular formula is C18H24F3N8O5+. The minimum absolute atomic E-state index is 0.0334. The van der Waals surface area contributed by atoms with Crippen molar-refractivity contribution in [3.8, 4) is 0 Å². The maximum atomic E-state index is 13.4. The van der Waals surface area contributed by atoms with E-state index in [-0.39, 0.29) is 31.3 Å². The van der Waals surface area contributed by atoms with E-state index in [0.717, 1.165) is 4.90 Å². The van der Waals surface area contributed by atoms with Gasteiger partial charge in [0.1, 0.15) is 17.5 Å². The molecule has 34 heavy (non-hydrogen) atoms. The molecule has 13 nitrogen and oxygen atoms in total. The molecule has 0 unspecified atom stereocenters. The number of carbonyl (C=O) groups is 3. The van der Waals surface area contributed by atoms with Crippen LogP contribution in [0.15, 0.2) is 4.99 Å². The zero-order valence-electron chi connectivity index (χ0n) is 17.7. The van der Waals surface area contributed by atoms with E-state index in [1.807, 2.05) is 0 Å². The maximum absolute atomic E-state index is 13.4. The first-order chi connectivity index (χ1) is 15.7. The lowest BCUT2D eigenvalue weighted by atomic mass is 9.84. The predicted molar refractivity (Wildman–Crippen MR) is 105 cm³/mol. The van der Waals surface area contributed by atoms with Crippen LogP contribution in [0.4, 0.5) is 13.2 Å². The zero-order chi connectivity index (χ0) is 24.8. The number of nitrogens with two attached hydrogens (primary N) is 2. The summed E-state index contributed by atoms with van der Waals surface area (Å²) in [4.78, 5) is 46.1. The highest BCUT2D eigenvalue weighted by Gasteiger charge is 2.77. The lowest BCUT2D eigenvalue weighted by Gasteiger charge is -2.46. The van der Waals surface area contributed by atoms with Gasteiger partial charge in [-0.25, -0.2) is 10.3 Å². The molecule has 0 aromatic carbocycles. The molecule has 1 aliphatic carbocycles. The summed E-state index contributed by atoms with van der Waals surface area (Å²) in [6, 6.07) is -3.66. The van der Waals surface area contributed by atoms with Crippen molar-refractivity contribution in [1.29, 1.82) is 0 Å². The largest absolute Gasteiger partial charge is 0.403 e. The van der Waals surface area contributed by atoms with Crippen LogP contribution >= 0.6 is 0 Å². The Morgan fingerprint density at radius 1 is 1.24 bits per heavy atom. The summed E-state index contributed by atoms with van der Waals surface area (Å²) in [5.41, 5.74) is 7.45. The highest BCUT2D eigenvalue weighted by atomic mass is 19.4. The van der Waals surface area contributed by atoms with E-state index in [4.69, 9.17) is 11.5 Å². The molecule has 1 saturated carbocycles. The first kappa shape index (κ1) is 22.6. The molecule has 16 heteroatoms. The summed E-state index contributed by atoms with van der Waals surface area (Å²) >= 11 is 0. The third-order valence-electron chi connectivity index (χ3n) is 7.44. The SMILES string of the molecule is NC1=N[C@@H](CN2C(=O)CCC2=O)[C@@H]2[NH+]=C(N)N[C@]23N1C[C@H](NC(=O)C1(C(F)(F)F)CC1)C3(O)O. The van der Waals surface area contributed by atoms with Gasteiger partial charge in [0, 0.05) is 12.8 Å². The van der Waals surface area contributed by atoms with Gasteiger partial charge in [-0.05, 0) is 12.8 Å². The molecule has 4 heterocycles. The van der Waals surface area contributed by atoms with Crippen LogP contribution < -0.4 is 27.1 Å². The number of guanidine groups is 2. The van der Waals surface area contributed by atoms with Gasteiger partial charge in [0.25, 0.3) is 5.66 Å². The fraction of sp³-hybridized carbons (Fsp3) is 0.722. The summed E-state index contributed by atoms with van der Waals surface area (Å²) in [5, 5.41) is 27.3. The minimum atomic E-state index is -4.79. The molecule has 0 aromatic heterocycles. The predicted octanol–water partition coefficient (Wildman–Crippen LogP) is -5.28. The highest BCUT2D eigenvalue weighted by molar-refractivity contribution is 6.02. The number of likely N-dealkylation sites (tertiary alicyclic amines) is 1. The molecule has 4 atom stereocenters. The normalized spacial score (nSPS) is 35.4. The van der Waals surface area contributed by atoms with Crippen LogP contribution in [0, 0.1) is 5.41 Å². The van der Waals surface area contributed by atoms with Crippen molar-refractivity contribution in [2.24, 2.45) is 21.9 Å². The second kappa shape index (κ2) is 6.71. The Labute approximate surface area is 190 Å². The molecule has 1 spiro atoms. The molecule has 4 aliphatic heterocycles. The topological polar surface area (TPSA) is 201 Å². The standard InChI is InChI=1S/C18H23F3N8O5/c19-18(20,21)15(3-4-15)12(32)25-8-6-29-14(23)24-7(5-28-9(30)1-2-10(28)31)11-16(29,17(8,33)34)27-13(22)26-11/h7-8,11,33-34H,1-6H2,(H2,23,24)(H,25,32)(H3,22,26,27)/p+1/t7-,8-,11-,16-/m0/s1. The summed E-state index contributed by atoms with van der Waals surface area (Å²) in [7, 11) is 0. The second-order valence-corrected chi connectivity index (χ2v) is 9.32. The van der Waals surface area contributed by atoms with Crippen LogP contribution in [0.2, 0.25) is 0 Å². The number of aliphatic hydroxyl groups is 2. The van der Waals surface area contributed by atoms with Crippen molar-refractivity contribution >= 4 is 29.6 Å². The molecule has 0 aromatic rings. The van der Waals surface area contributed by atoms with Crippen molar-refractivity contribution < 1.29 is 42.8 Å². The van der Waals surface area contributed by atoms with Gasteiger partial charge >= 0.3 is 12.1 Å². The van der Waals surface area contributed by atoms with E-state index in [2.05, 4.69) is 20.6 Å². The monoisotopic (exact) mass is 489 g/mol. The smallest absolute Gasteiger partial charge is 0.370 e. The van der Waals surface area contributed by atoms with Crippen LogP contribution in [0.5, 0.6) is 0 Å². The van der Waals surface area contributed by atoms with Crippen molar-refractivity contribution in [3.63, 3.8) is 0 Å². The average Bonchev–Trinajstić information content (AvgIpc) is 3.35. The van der Waals surface area contributed by atoms with Gasteiger partial charge in [0.2, 0.25) is 23.5 Å². The molecule has 9 N–H and O–H groups in total. The number of rotatable bonds is 4. The number of halogens is 3. The number of nitrogens with one attached hydrogen (secondary N) is 3. The van der Waals surface area contributed by atoms with E-state index in [1.54, 1.807) is 0 Å². The number of nitrogens with zero attached hydrogens (tertiary/aromatic N) is 3. The number of imide groups is 1. The molecule has 3 fully saturated rings. The molecule has 2 saturated heterocycles. The zero-order valence-corrected chi connectivity index (χ0v) is 17.7. The lowest BCUT2D eigenvalue weighted by Crippen LogP contribution is -2.90. The van der Waals surface area contributed by atoms with Crippen molar-refractivity contribution in [3.05, 3.63) is 0 Å². The lowest BCUT2D eigenvalue weighted by molar-refractivity contribution is -0.521. The van der Waals surface area contributed by atoms with Gasteiger partial charge in [-0.2, -0.15) is 13.2 Å². The van der Waals surface area contributed by atoms with Crippen LogP contribution in [0.3, 0.4) is 0 Å². The molecule has 5 rings (SSSR count). The second-order valence-electron chi connectivity index (χ2n) is 9.32. The molecule has 0 bridgehead atoms. The van der Waals surface area contributed by atoms with Crippen LogP contribution in [0.25, 0.3) is 0 Å². The summed E-state index contributed by atoms with van der Waals surface area (Å²) in [6.45, 7) is -0.625. The third kappa shape index (κ3) is 2.77. The molecule has 5 aliphatic rings. The number of carbonyl (C=O) groups excluding carboxylic acids is 3. The fourth-order valence-electron chi connectivity index (χ4n) is 5.40. The third-order valence-corrected chi connectivity index (χ3v) is 7.44. The van der Waals surface area contributed by atoms with Crippen molar-refractivity contribution in [1.82, 2.24) is 20.4 Å². The Morgan fingerprint density at radius 2 is 1.85 bits per heavy atom. The van der Waals surface area contributed by atoms with Crippen molar-refractivity contribution in [2.75, 3.05) is 13.1 Å². The molecule has 0 radical (unpaired) electrons. The first-order valence-corrected chi connectivity index (χ1v) is 10.7. The van der Waals surface area contributed by atoms with Crippen molar-refractivity contribution in [2.45, 2.75) is 61.4 Å². The van der Waals surface area contributed by atoms with Crippen LogP contribution in [-0.4, -0.2) is 98.5 Å². The fourth-order valence-corrected chi connectivity index (χ4v) is 5.40. The van der Waals surface area contributed by atoms with E-state index < -0.39 is 78.3 Å². The first-order valence-electron chi connectivity index (χ1n) is 10.7. The average molecular weight is 489 g/mol. The quantitative estimate of drug-likeness (QED) is 0.149. The Morgan fingerprint density at radius 3 is 2.41 bits per heavy atom. The molecule has 186 valence electrons. The van der Waals surface area contributed by atoms with Gasteiger partial charge in [-0.1, -0.05) is 0 Å². The van der Waals surface area contributed by atoms with Gasteiger partial charge in [0.15, 0.2) is 12.0 Å². The van der Waals surface area contributed by atoms with E-state index in [1.165, 1.54) is 4.90 Å². The Kier molecular flexibility index (Phi) is 4.47. The Bertz CT molecular complexity index is 1030. The Hall–Kier alpha value is -3.14. The van der Waals surface area contributed by atoms with Gasteiger partial charge < -0.3 is 21.3 Å². The van der Waals surface area contributed by atoms with Gasteiger partial charge in [0.05, 0.1) is 13.1 Å². The number of hydrogen-bond acceptors (Lipinski definition) is 10. The molecular weight excluding hydrogens is 465 g/mol. The summed E-state index contributed by atoms with van der Waals surface area (Å²) < 4.78 is 40.2. The number of alkyl halides is 3. The number of amides is 3.